The number of H-pyrrole nitrogens is 1. The Kier molecular flexibility index (Phi) is 2.23. The van der Waals surface area contributed by atoms with E-state index in [1.165, 1.54) is 6.20 Å². The van der Waals surface area contributed by atoms with E-state index in [1.54, 1.807) is 12.3 Å². The Balaban J connectivity index is 2.51. The molecule has 0 saturated carbocycles. The zero-order chi connectivity index (χ0) is 8.10. The first kappa shape index (κ1) is 7.28. The van der Waals surface area contributed by atoms with Crippen LogP contribution in [0.5, 0.6) is 0 Å². The Morgan fingerprint density at radius 1 is 1.91 bits per heavy atom. The highest BCUT2D eigenvalue weighted by Gasteiger charge is 2.04. The molecule has 0 aliphatic carbocycles. The summed E-state index contributed by atoms with van der Waals surface area (Å²) in [5.74, 6) is -0.142. The fraction of sp³-hybridized carbons (Fsp3) is 0.167. The molecular formula is C6H6N4O. The van der Waals surface area contributed by atoms with Crippen LogP contribution >= 0.6 is 0 Å². The van der Waals surface area contributed by atoms with Gasteiger partial charge in [-0.15, -0.1) is 0 Å². The molecule has 1 rings (SSSR count). The Labute approximate surface area is 63.1 Å². The van der Waals surface area contributed by atoms with Crippen molar-refractivity contribution in [2.75, 3.05) is 6.54 Å². The third-order valence-corrected chi connectivity index (χ3v) is 1.04. The van der Waals surface area contributed by atoms with Crippen LogP contribution in [0.4, 0.5) is 0 Å². The summed E-state index contributed by atoms with van der Waals surface area (Å²) in [4.78, 5) is 17.2. The number of amides is 1. The molecule has 0 aliphatic heterocycles. The van der Waals surface area contributed by atoms with E-state index < -0.39 is 0 Å². The molecule has 1 heterocycles. The molecule has 0 bridgehead atoms. The SMILES string of the molecule is N#CCNC(=O)c1ncc[nH]1. The summed E-state index contributed by atoms with van der Waals surface area (Å²) in [5, 5.41) is 10.5. The van der Waals surface area contributed by atoms with E-state index in [0.29, 0.717) is 0 Å². The van der Waals surface area contributed by atoms with Crippen molar-refractivity contribution in [3.8, 4) is 6.07 Å². The second kappa shape index (κ2) is 3.37. The van der Waals surface area contributed by atoms with Gasteiger partial charge in [0.25, 0.3) is 5.91 Å². The lowest BCUT2D eigenvalue weighted by molar-refractivity contribution is 0.0949. The minimum Gasteiger partial charge on any atom is -0.341 e. The molecule has 1 aromatic rings. The minimum absolute atomic E-state index is 0.000463. The molecule has 56 valence electrons. The maximum absolute atomic E-state index is 10.9. The van der Waals surface area contributed by atoms with E-state index in [1.807, 2.05) is 0 Å². The zero-order valence-corrected chi connectivity index (χ0v) is 5.66. The molecule has 1 aromatic heterocycles. The van der Waals surface area contributed by atoms with Crippen molar-refractivity contribution in [1.29, 1.82) is 5.26 Å². The Morgan fingerprint density at radius 3 is 3.27 bits per heavy atom. The summed E-state index contributed by atoms with van der Waals surface area (Å²) in [6, 6.07) is 1.79. The van der Waals surface area contributed by atoms with E-state index in [-0.39, 0.29) is 18.3 Å². The van der Waals surface area contributed by atoms with Crippen LogP contribution in [0.3, 0.4) is 0 Å². The summed E-state index contributed by atoms with van der Waals surface area (Å²) in [6.07, 6.45) is 3.02. The van der Waals surface area contributed by atoms with Crippen molar-refractivity contribution in [2.24, 2.45) is 0 Å². The molecule has 0 saturated heterocycles. The van der Waals surface area contributed by atoms with Crippen molar-refractivity contribution in [3.63, 3.8) is 0 Å². The number of nitrogens with one attached hydrogen (secondary N) is 2. The summed E-state index contributed by atoms with van der Waals surface area (Å²) in [5.41, 5.74) is 0. The largest absolute Gasteiger partial charge is 0.341 e. The average Bonchev–Trinajstić information content (AvgIpc) is 2.52. The first-order valence-corrected chi connectivity index (χ1v) is 2.99. The molecule has 2 N–H and O–H groups in total. The fourth-order valence-corrected chi connectivity index (χ4v) is 0.593. The van der Waals surface area contributed by atoms with Gasteiger partial charge in [-0.1, -0.05) is 0 Å². The minimum atomic E-state index is -0.364. The number of nitriles is 1. The Morgan fingerprint density at radius 2 is 2.73 bits per heavy atom. The maximum Gasteiger partial charge on any atom is 0.287 e. The standard InChI is InChI=1S/C6H6N4O/c7-1-2-10-6(11)5-8-3-4-9-5/h3-4H,2H2,(H,8,9)(H,10,11). The first-order chi connectivity index (χ1) is 5.34. The highest BCUT2D eigenvalue weighted by molar-refractivity contribution is 5.90. The van der Waals surface area contributed by atoms with Crippen LogP contribution in [0.25, 0.3) is 0 Å². The molecule has 0 atom stereocenters. The van der Waals surface area contributed by atoms with Crippen molar-refractivity contribution >= 4 is 5.91 Å². The normalized spacial score (nSPS) is 8.64. The van der Waals surface area contributed by atoms with Gasteiger partial charge in [-0.3, -0.25) is 4.79 Å². The van der Waals surface area contributed by atoms with Crippen molar-refractivity contribution in [3.05, 3.63) is 18.2 Å². The maximum atomic E-state index is 10.9. The van der Waals surface area contributed by atoms with E-state index >= 15 is 0 Å². The Bertz CT molecular complexity index is 271. The third kappa shape index (κ3) is 1.79. The van der Waals surface area contributed by atoms with Crippen LogP contribution < -0.4 is 5.32 Å². The van der Waals surface area contributed by atoms with Crippen LogP contribution in [0.1, 0.15) is 10.6 Å². The molecular weight excluding hydrogens is 144 g/mol. The Hall–Kier alpha value is -1.83. The molecule has 0 fully saturated rings. The number of nitrogens with zero attached hydrogens (tertiary/aromatic N) is 2. The molecule has 0 radical (unpaired) electrons. The summed E-state index contributed by atoms with van der Waals surface area (Å²) in [7, 11) is 0. The summed E-state index contributed by atoms with van der Waals surface area (Å²) in [6.45, 7) is -0.000463. The number of rotatable bonds is 2. The molecule has 11 heavy (non-hydrogen) atoms. The quantitative estimate of drug-likeness (QED) is 0.566. The van der Waals surface area contributed by atoms with E-state index in [4.69, 9.17) is 5.26 Å². The second-order valence-corrected chi connectivity index (χ2v) is 1.78. The number of imidazole rings is 1. The molecule has 5 heteroatoms. The van der Waals surface area contributed by atoms with Crippen molar-refractivity contribution in [2.45, 2.75) is 0 Å². The van der Waals surface area contributed by atoms with Gasteiger partial charge in [0.2, 0.25) is 0 Å². The number of carbonyl (C=O) groups excluding carboxylic acids is 1. The van der Waals surface area contributed by atoms with Gasteiger partial charge >= 0.3 is 0 Å². The number of aromatic nitrogens is 2. The van der Waals surface area contributed by atoms with Crippen LogP contribution in [-0.2, 0) is 0 Å². The van der Waals surface area contributed by atoms with Crippen LogP contribution in [-0.4, -0.2) is 22.4 Å². The van der Waals surface area contributed by atoms with E-state index in [9.17, 15) is 4.79 Å². The number of hydrogen-bond donors (Lipinski definition) is 2. The number of carbonyl (C=O) groups is 1. The van der Waals surface area contributed by atoms with Crippen LogP contribution in [0.15, 0.2) is 12.4 Å². The highest BCUT2D eigenvalue weighted by atomic mass is 16.2. The lowest BCUT2D eigenvalue weighted by Gasteiger charge is -1.93. The fourth-order valence-electron chi connectivity index (χ4n) is 0.593. The number of hydrogen-bond acceptors (Lipinski definition) is 3. The first-order valence-electron chi connectivity index (χ1n) is 2.99. The van der Waals surface area contributed by atoms with Gasteiger partial charge in [-0.05, 0) is 0 Å². The van der Waals surface area contributed by atoms with Gasteiger partial charge in [0.1, 0.15) is 6.54 Å². The highest BCUT2D eigenvalue weighted by Crippen LogP contribution is 1.85. The van der Waals surface area contributed by atoms with Gasteiger partial charge in [0.15, 0.2) is 5.82 Å². The van der Waals surface area contributed by atoms with Gasteiger partial charge in [-0.2, -0.15) is 5.26 Å². The lowest BCUT2D eigenvalue weighted by Crippen LogP contribution is -2.24. The van der Waals surface area contributed by atoms with Crippen molar-refractivity contribution in [1.82, 2.24) is 15.3 Å². The predicted octanol–water partition coefficient (Wildman–Crippen LogP) is -0.337. The topological polar surface area (TPSA) is 81.6 Å². The average molecular weight is 150 g/mol. The van der Waals surface area contributed by atoms with Gasteiger partial charge < -0.3 is 10.3 Å². The van der Waals surface area contributed by atoms with Gasteiger partial charge in [0, 0.05) is 12.4 Å². The molecule has 0 spiro atoms. The van der Waals surface area contributed by atoms with Crippen LogP contribution in [0.2, 0.25) is 0 Å². The monoisotopic (exact) mass is 150 g/mol. The van der Waals surface area contributed by atoms with Gasteiger partial charge in [-0.25, -0.2) is 4.98 Å². The lowest BCUT2D eigenvalue weighted by atomic mass is 10.5. The van der Waals surface area contributed by atoms with Gasteiger partial charge in [0.05, 0.1) is 6.07 Å². The summed E-state index contributed by atoms with van der Waals surface area (Å²) >= 11 is 0. The van der Waals surface area contributed by atoms with E-state index in [0.717, 1.165) is 0 Å². The smallest absolute Gasteiger partial charge is 0.287 e. The predicted molar refractivity (Wildman–Crippen MR) is 36.5 cm³/mol. The zero-order valence-electron chi connectivity index (χ0n) is 5.66. The third-order valence-electron chi connectivity index (χ3n) is 1.04. The molecule has 0 aromatic carbocycles. The molecule has 1 amide bonds. The molecule has 0 unspecified atom stereocenters. The summed E-state index contributed by atoms with van der Waals surface area (Å²) < 4.78 is 0. The number of aromatic amines is 1. The molecule has 0 aliphatic rings. The molecule has 5 nitrogen and oxygen atoms in total. The van der Waals surface area contributed by atoms with E-state index in [2.05, 4.69) is 15.3 Å². The second-order valence-electron chi connectivity index (χ2n) is 1.78. The van der Waals surface area contributed by atoms with Crippen molar-refractivity contribution < 1.29 is 4.79 Å². The van der Waals surface area contributed by atoms with Crippen LogP contribution in [0, 0.1) is 11.3 Å².